The summed E-state index contributed by atoms with van der Waals surface area (Å²) in [4.78, 5) is 23.9. The Kier molecular flexibility index (Phi) is 2.53. The first kappa shape index (κ1) is 10.9. The SMILES string of the molecule is CC1=C2CC[C@@H]3CCC=C3C(=O)C[C@@H]2CC1=O. The highest BCUT2D eigenvalue weighted by atomic mass is 16.1. The quantitative estimate of drug-likeness (QED) is 0.641. The van der Waals surface area contributed by atoms with Crippen LogP contribution in [0.5, 0.6) is 0 Å². The minimum Gasteiger partial charge on any atom is -0.295 e. The number of Topliss-reactive ketones (excluding diaryl/α,β-unsaturated/α-hetero) is 2. The van der Waals surface area contributed by atoms with Gasteiger partial charge < -0.3 is 0 Å². The van der Waals surface area contributed by atoms with E-state index in [2.05, 4.69) is 6.08 Å². The summed E-state index contributed by atoms with van der Waals surface area (Å²) in [6.45, 7) is 1.94. The Hall–Kier alpha value is -1.18. The average molecular weight is 230 g/mol. The van der Waals surface area contributed by atoms with E-state index >= 15 is 0 Å². The van der Waals surface area contributed by atoms with Gasteiger partial charge in [0.05, 0.1) is 0 Å². The third kappa shape index (κ3) is 1.70. The second-order valence-corrected chi connectivity index (χ2v) is 5.57. The van der Waals surface area contributed by atoms with Crippen LogP contribution in [0.1, 0.15) is 45.4 Å². The highest BCUT2D eigenvalue weighted by Crippen LogP contribution is 2.42. The number of hydrogen-bond donors (Lipinski definition) is 0. The molecule has 1 fully saturated rings. The fourth-order valence-electron chi connectivity index (χ4n) is 3.65. The van der Waals surface area contributed by atoms with Crippen LogP contribution in [0.4, 0.5) is 0 Å². The zero-order chi connectivity index (χ0) is 12.0. The number of carbonyl (C=O) groups is 2. The standard InChI is InChI=1S/C15H18O2/c1-9-12-6-5-10-3-2-4-13(10)15(17)8-11(12)7-14(9)16/h4,10-11H,2-3,5-8H2,1H3/t10-,11-/m0/s1. The lowest BCUT2D eigenvalue weighted by Crippen LogP contribution is -2.18. The van der Waals surface area contributed by atoms with E-state index < -0.39 is 0 Å². The number of fused-ring (bicyclic) bond motifs is 2. The van der Waals surface area contributed by atoms with Gasteiger partial charge in [0, 0.05) is 12.8 Å². The summed E-state index contributed by atoms with van der Waals surface area (Å²) in [5, 5.41) is 0. The van der Waals surface area contributed by atoms with Crippen LogP contribution >= 0.6 is 0 Å². The van der Waals surface area contributed by atoms with Crippen molar-refractivity contribution in [2.24, 2.45) is 11.8 Å². The van der Waals surface area contributed by atoms with Gasteiger partial charge in [-0.2, -0.15) is 0 Å². The topological polar surface area (TPSA) is 34.1 Å². The fourth-order valence-corrected chi connectivity index (χ4v) is 3.65. The maximum absolute atomic E-state index is 12.2. The van der Waals surface area contributed by atoms with Gasteiger partial charge in [0.2, 0.25) is 0 Å². The van der Waals surface area contributed by atoms with Crippen LogP contribution in [0.15, 0.2) is 22.8 Å². The fraction of sp³-hybridized carbons (Fsp3) is 0.600. The molecule has 0 heterocycles. The van der Waals surface area contributed by atoms with Crippen LogP contribution in [0, 0.1) is 11.8 Å². The van der Waals surface area contributed by atoms with E-state index in [1.165, 1.54) is 5.57 Å². The van der Waals surface area contributed by atoms with Crippen molar-refractivity contribution in [1.29, 1.82) is 0 Å². The molecule has 0 bridgehead atoms. The van der Waals surface area contributed by atoms with E-state index in [4.69, 9.17) is 0 Å². The molecule has 3 aliphatic carbocycles. The van der Waals surface area contributed by atoms with E-state index in [1.54, 1.807) is 0 Å². The lowest BCUT2D eigenvalue weighted by atomic mass is 9.80. The molecule has 0 saturated heterocycles. The molecule has 2 heteroatoms. The van der Waals surface area contributed by atoms with Crippen LogP contribution in [0.3, 0.4) is 0 Å². The molecule has 0 aliphatic heterocycles. The first-order valence-corrected chi connectivity index (χ1v) is 6.63. The Labute approximate surface area is 102 Å². The maximum Gasteiger partial charge on any atom is 0.159 e. The van der Waals surface area contributed by atoms with Crippen molar-refractivity contribution in [3.8, 4) is 0 Å². The van der Waals surface area contributed by atoms with Gasteiger partial charge in [0.1, 0.15) is 0 Å². The molecule has 3 aliphatic rings. The van der Waals surface area contributed by atoms with E-state index in [-0.39, 0.29) is 11.7 Å². The van der Waals surface area contributed by atoms with Crippen molar-refractivity contribution >= 4 is 11.6 Å². The molecule has 90 valence electrons. The molecule has 2 nitrogen and oxygen atoms in total. The largest absolute Gasteiger partial charge is 0.295 e. The van der Waals surface area contributed by atoms with Gasteiger partial charge in [-0.05, 0) is 55.6 Å². The average Bonchev–Trinajstić information content (AvgIpc) is 2.82. The Morgan fingerprint density at radius 3 is 2.65 bits per heavy atom. The molecule has 17 heavy (non-hydrogen) atoms. The summed E-state index contributed by atoms with van der Waals surface area (Å²) in [5.41, 5.74) is 3.31. The smallest absolute Gasteiger partial charge is 0.159 e. The second-order valence-electron chi connectivity index (χ2n) is 5.57. The van der Waals surface area contributed by atoms with Crippen LogP contribution in [-0.4, -0.2) is 11.6 Å². The highest BCUT2D eigenvalue weighted by Gasteiger charge is 2.36. The molecule has 0 unspecified atom stereocenters. The number of allylic oxidation sites excluding steroid dienone is 4. The minimum atomic E-state index is 0.220. The van der Waals surface area contributed by atoms with Crippen molar-refractivity contribution in [1.82, 2.24) is 0 Å². The van der Waals surface area contributed by atoms with Crippen molar-refractivity contribution in [3.63, 3.8) is 0 Å². The maximum atomic E-state index is 12.2. The van der Waals surface area contributed by atoms with Gasteiger partial charge in [-0.1, -0.05) is 11.6 Å². The van der Waals surface area contributed by atoms with E-state index in [0.717, 1.165) is 36.8 Å². The Morgan fingerprint density at radius 1 is 1.06 bits per heavy atom. The molecule has 0 spiro atoms. The number of ketones is 2. The van der Waals surface area contributed by atoms with Gasteiger partial charge in [-0.3, -0.25) is 9.59 Å². The van der Waals surface area contributed by atoms with Crippen LogP contribution in [0.2, 0.25) is 0 Å². The molecule has 2 atom stereocenters. The van der Waals surface area contributed by atoms with Gasteiger partial charge in [0.25, 0.3) is 0 Å². The number of carbonyl (C=O) groups excluding carboxylic acids is 2. The van der Waals surface area contributed by atoms with Crippen molar-refractivity contribution in [2.75, 3.05) is 0 Å². The minimum absolute atomic E-state index is 0.220. The molecule has 0 amide bonds. The predicted octanol–water partition coefficient (Wildman–Crippen LogP) is 2.98. The van der Waals surface area contributed by atoms with Crippen LogP contribution in [-0.2, 0) is 9.59 Å². The lowest BCUT2D eigenvalue weighted by molar-refractivity contribution is -0.117. The first-order chi connectivity index (χ1) is 8.16. The zero-order valence-electron chi connectivity index (χ0n) is 10.3. The molecule has 1 saturated carbocycles. The summed E-state index contributed by atoms with van der Waals surface area (Å²) in [5.74, 6) is 1.26. The van der Waals surface area contributed by atoms with Gasteiger partial charge in [-0.25, -0.2) is 0 Å². The molecule has 0 aromatic carbocycles. The van der Waals surface area contributed by atoms with E-state index in [1.807, 2.05) is 6.92 Å². The summed E-state index contributed by atoms with van der Waals surface area (Å²) in [6.07, 6.45) is 7.56. The molecule has 0 aromatic rings. The third-order valence-corrected chi connectivity index (χ3v) is 4.66. The Balaban J connectivity index is 1.92. The molecule has 0 aromatic heterocycles. The third-order valence-electron chi connectivity index (χ3n) is 4.66. The molecular weight excluding hydrogens is 212 g/mol. The van der Waals surface area contributed by atoms with Crippen LogP contribution in [0.25, 0.3) is 0 Å². The summed E-state index contributed by atoms with van der Waals surface area (Å²) in [6, 6.07) is 0. The predicted molar refractivity (Wildman–Crippen MR) is 65.5 cm³/mol. The normalized spacial score (nSPS) is 33.1. The summed E-state index contributed by atoms with van der Waals surface area (Å²) < 4.78 is 0. The van der Waals surface area contributed by atoms with E-state index in [0.29, 0.717) is 24.5 Å². The lowest BCUT2D eigenvalue weighted by Gasteiger charge is -2.23. The number of hydrogen-bond acceptors (Lipinski definition) is 2. The monoisotopic (exact) mass is 230 g/mol. The second kappa shape index (κ2) is 3.94. The Bertz CT molecular complexity index is 454. The van der Waals surface area contributed by atoms with Gasteiger partial charge >= 0.3 is 0 Å². The van der Waals surface area contributed by atoms with Gasteiger partial charge in [-0.15, -0.1) is 0 Å². The molecule has 0 N–H and O–H groups in total. The zero-order valence-corrected chi connectivity index (χ0v) is 10.3. The molecule has 0 radical (unpaired) electrons. The van der Waals surface area contributed by atoms with Gasteiger partial charge in [0.15, 0.2) is 11.6 Å². The molecular formula is C15H18O2. The first-order valence-electron chi connectivity index (χ1n) is 6.63. The molecule has 3 rings (SSSR count). The summed E-state index contributed by atoms with van der Waals surface area (Å²) >= 11 is 0. The van der Waals surface area contributed by atoms with Crippen molar-refractivity contribution < 1.29 is 9.59 Å². The van der Waals surface area contributed by atoms with Crippen molar-refractivity contribution in [3.05, 3.63) is 22.8 Å². The highest BCUT2D eigenvalue weighted by molar-refractivity contribution is 6.01. The van der Waals surface area contributed by atoms with E-state index in [9.17, 15) is 9.59 Å². The number of rotatable bonds is 0. The Morgan fingerprint density at radius 2 is 1.82 bits per heavy atom. The summed E-state index contributed by atoms with van der Waals surface area (Å²) in [7, 11) is 0. The van der Waals surface area contributed by atoms with Crippen molar-refractivity contribution in [2.45, 2.75) is 45.4 Å². The van der Waals surface area contributed by atoms with Crippen LogP contribution < -0.4 is 0 Å².